The molecule has 5 N–H and O–H groups in total. The highest BCUT2D eigenvalue weighted by Crippen LogP contribution is 2.00. The van der Waals surface area contributed by atoms with Crippen LogP contribution in [0.1, 0.15) is 0 Å². The van der Waals surface area contributed by atoms with Gasteiger partial charge in [0.2, 0.25) is 0 Å². The predicted molar refractivity (Wildman–Crippen MR) is 33.7 cm³/mol. The summed E-state index contributed by atoms with van der Waals surface area (Å²) in [7, 11) is 0. The lowest BCUT2D eigenvalue weighted by Crippen LogP contribution is -2.58. The highest BCUT2D eigenvalue weighted by atomic mass is 16.4. The van der Waals surface area contributed by atoms with Crippen molar-refractivity contribution in [3.05, 3.63) is 0 Å². The number of carboxylic acids is 1. The van der Waals surface area contributed by atoms with E-state index in [9.17, 15) is 9.59 Å². The van der Waals surface area contributed by atoms with Crippen LogP contribution < -0.4 is 5.73 Å². The summed E-state index contributed by atoms with van der Waals surface area (Å²) in [5.74, 6) is -2.77. The molecule has 0 aromatic carbocycles. The van der Waals surface area contributed by atoms with E-state index in [1.54, 1.807) is 0 Å². The maximum Gasteiger partial charge on any atom is 0.334 e. The molecule has 0 radical (unpaired) electrons. The second kappa shape index (κ2) is 3.42. The molecule has 0 rings (SSSR count). The van der Waals surface area contributed by atoms with E-state index < -0.39 is 30.5 Å². The molecule has 0 fully saturated rings. The zero-order valence-corrected chi connectivity index (χ0v) is 5.65. The topological polar surface area (TPSA) is 121 Å². The van der Waals surface area contributed by atoms with Crippen molar-refractivity contribution in [3.63, 3.8) is 0 Å². The molecule has 0 saturated carbocycles. The Morgan fingerprint density at radius 3 is 1.91 bits per heavy atom. The van der Waals surface area contributed by atoms with E-state index in [1.165, 1.54) is 0 Å². The van der Waals surface area contributed by atoms with Gasteiger partial charge in [-0.15, -0.1) is 0 Å². The van der Waals surface area contributed by atoms with Gasteiger partial charge >= 0.3 is 5.97 Å². The lowest BCUT2D eigenvalue weighted by Gasteiger charge is -2.18. The fraction of sp³-hybridized carbons (Fsp3) is 0.600. The van der Waals surface area contributed by atoms with E-state index >= 15 is 0 Å². The molecular weight excluding hydrogens is 154 g/mol. The van der Waals surface area contributed by atoms with Gasteiger partial charge in [0.1, 0.15) is 6.61 Å². The number of Topliss-reactive ketones (excluding diaryl/α,β-unsaturated/α-hetero) is 1. The number of aliphatic carboxylic acids is 1. The molecule has 0 heterocycles. The molecule has 11 heavy (non-hydrogen) atoms. The third-order valence-corrected chi connectivity index (χ3v) is 1.27. The van der Waals surface area contributed by atoms with Gasteiger partial charge in [0, 0.05) is 0 Å². The van der Waals surface area contributed by atoms with Crippen molar-refractivity contribution in [3.8, 4) is 0 Å². The van der Waals surface area contributed by atoms with E-state index in [1.807, 2.05) is 0 Å². The van der Waals surface area contributed by atoms with Crippen LogP contribution in [-0.2, 0) is 9.59 Å². The average molecular weight is 163 g/mol. The van der Waals surface area contributed by atoms with E-state index in [2.05, 4.69) is 0 Å². The van der Waals surface area contributed by atoms with Crippen LogP contribution in [0.4, 0.5) is 0 Å². The fourth-order valence-electron chi connectivity index (χ4n) is 0.416. The molecule has 0 aliphatic heterocycles. The number of carbonyl (C=O) groups is 2. The van der Waals surface area contributed by atoms with Crippen molar-refractivity contribution < 1.29 is 24.9 Å². The minimum atomic E-state index is -2.37. The minimum absolute atomic E-state index is 0.997. The number of hydrogen-bond donors (Lipinski definition) is 4. The third-order valence-electron chi connectivity index (χ3n) is 1.27. The van der Waals surface area contributed by atoms with Crippen LogP contribution in [0.5, 0.6) is 0 Å². The van der Waals surface area contributed by atoms with Crippen molar-refractivity contribution in [1.82, 2.24) is 0 Å². The SMILES string of the molecule is N[C@](CO)(C(=O)O)C(=O)CO. The highest BCUT2D eigenvalue weighted by molar-refractivity contribution is 6.08. The van der Waals surface area contributed by atoms with Gasteiger partial charge in [0.15, 0.2) is 11.3 Å². The van der Waals surface area contributed by atoms with Crippen molar-refractivity contribution in [2.45, 2.75) is 5.54 Å². The molecule has 0 aromatic rings. The van der Waals surface area contributed by atoms with Crippen LogP contribution in [0.15, 0.2) is 0 Å². The Balaban J connectivity index is 4.59. The van der Waals surface area contributed by atoms with Crippen LogP contribution in [0.3, 0.4) is 0 Å². The van der Waals surface area contributed by atoms with Crippen molar-refractivity contribution in [1.29, 1.82) is 0 Å². The average Bonchev–Trinajstić information content (AvgIpc) is 2.01. The number of aliphatic hydroxyl groups is 2. The summed E-state index contributed by atoms with van der Waals surface area (Å²) in [6.45, 7) is -2.02. The standard InChI is InChI=1S/C5H9NO5/c6-5(2-8,4(10)11)3(9)1-7/h7-8H,1-2,6H2,(H,10,11)/t5-/m0/s1. The van der Waals surface area contributed by atoms with Gasteiger partial charge < -0.3 is 21.1 Å². The van der Waals surface area contributed by atoms with Crippen molar-refractivity contribution in [2.75, 3.05) is 13.2 Å². The Bertz CT molecular complexity index is 180. The minimum Gasteiger partial charge on any atom is -0.479 e. The lowest BCUT2D eigenvalue weighted by atomic mass is 9.97. The van der Waals surface area contributed by atoms with Gasteiger partial charge in [-0.05, 0) is 0 Å². The number of aliphatic hydroxyl groups excluding tert-OH is 2. The monoisotopic (exact) mass is 163 g/mol. The highest BCUT2D eigenvalue weighted by Gasteiger charge is 2.40. The number of ketones is 1. The molecule has 6 nitrogen and oxygen atoms in total. The van der Waals surface area contributed by atoms with Crippen LogP contribution in [0.25, 0.3) is 0 Å². The summed E-state index contributed by atoms with van der Waals surface area (Å²) < 4.78 is 0. The predicted octanol–water partition coefficient (Wildman–Crippen LogP) is -2.68. The lowest BCUT2D eigenvalue weighted by molar-refractivity contribution is -0.151. The first-order chi connectivity index (χ1) is 4.99. The molecule has 0 aliphatic rings. The van der Waals surface area contributed by atoms with E-state index in [0.717, 1.165) is 0 Å². The molecule has 6 heteroatoms. The fourth-order valence-corrected chi connectivity index (χ4v) is 0.416. The maximum atomic E-state index is 10.6. The molecule has 0 spiro atoms. The molecule has 1 atom stereocenters. The second-order valence-electron chi connectivity index (χ2n) is 2.02. The Morgan fingerprint density at radius 1 is 1.36 bits per heavy atom. The Labute approximate surface area is 62.2 Å². The maximum absolute atomic E-state index is 10.6. The Morgan fingerprint density at radius 2 is 1.82 bits per heavy atom. The molecule has 0 bridgehead atoms. The van der Waals surface area contributed by atoms with E-state index in [4.69, 9.17) is 21.1 Å². The Kier molecular flexibility index (Phi) is 3.12. The zero-order valence-electron chi connectivity index (χ0n) is 5.65. The first-order valence-corrected chi connectivity index (χ1v) is 2.76. The molecule has 64 valence electrons. The summed E-state index contributed by atoms with van der Waals surface area (Å²) >= 11 is 0. The molecular formula is C5H9NO5. The molecule has 0 amide bonds. The summed E-state index contributed by atoms with van der Waals surface area (Å²) in [5, 5.41) is 25.0. The van der Waals surface area contributed by atoms with Crippen LogP contribution in [0.2, 0.25) is 0 Å². The molecule has 0 unspecified atom stereocenters. The summed E-state index contributed by atoms with van der Waals surface area (Å²) in [6.07, 6.45) is 0. The first kappa shape index (κ1) is 10.0. The Hall–Kier alpha value is -0.980. The number of rotatable bonds is 4. The molecule has 0 aromatic heterocycles. The van der Waals surface area contributed by atoms with Crippen LogP contribution in [0, 0.1) is 0 Å². The normalized spacial score (nSPS) is 15.5. The summed E-state index contributed by atoms with van der Waals surface area (Å²) in [5.41, 5.74) is 2.57. The van der Waals surface area contributed by atoms with E-state index in [0.29, 0.717) is 0 Å². The van der Waals surface area contributed by atoms with Gasteiger partial charge in [-0.2, -0.15) is 0 Å². The zero-order chi connectivity index (χ0) is 9.07. The smallest absolute Gasteiger partial charge is 0.334 e. The van der Waals surface area contributed by atoms with E-state index in [-0.39, 0.29) is 0 Å². The van der Waals surface area contributed by atoms with Gasteiger partial charge in [-0.1, -0.05) is 0 Å². The third kappa shape index (κ3) is 1.73. The van der Waals surface area contributed by atoms with Crippen molar-refractivity contribution >= 4 is 11.8 Å². The molecule has 0 saturated heterocycles. The number of carbonyl (C=O) groups excluding carboxylic acids is 1. The number of nitrogens with two attached hydrogens (primary N) is 1. The van der Waals surface area contributed by atoms with Gasteiger partial charge in [-0.3, -0.25) is 4.79 Å². The first-order valence-electron chi connectivity index (χ1n) is 2.76. The van der Waals surface area contributed by atoms with Gasteiger partial charge in [-0.25, -0.2) is 4.79 Å². The quantitative estimate of drug-likeness (QED) is 0.335. The van der Waals surface area contributed by atoms with Crippen molar-refractivity contribution in [2.24, 2.45) is 5.73 Å². The number of hydrogen-bond acceptors (Lipinski definition) is 5. The summed E-state index contributed by atoms with van der Waals surface area (Å²) in [4.78, 5) is 20.8. The number of carboxylic acid groups (broad SMARTS) is 1. The van der Waals surface area contributed by atoms with Crippen LogP contribution >= 0.6 is 0 Å². The molecule has 0 aliphatic carbocycles. The second-order valence-corrected chi connectivity index (χ2v) is 2.02. The summed E-state index contributed by atoms with van der Waals surface area (Å²) in [6, 6.07) is 0. The van der Waals surface area contributed by atoms with Crippen LogP contribution in [-0.4, -0.2) is 45.8 Å². The largest absolute Gasteiger partial charge is 0.479 e. The van der Waals surface area contributed by atoms with Gasteiger partial charge in [0.05, 0.1) is 6.61 Å². The van der Waals surface area contributed by atoms with Gasteiger partial charge in [0.25, 0.3) is 0 Å².